The molecule has 86 valence electrons. The number of rotatable bonds is 4. The van der Waals surface area contributed by atoms with Crippen molar-refractivity contribution < 1.29 is 0 Å². The van der Waals surface area contributed by atoms with E-state index in [0.717, 1.165) is 5.56 Å². The van der Waals surface area contributed by atoms with Crippen LogP contribution in [0.5, 0.6) is 0 Å². The fraction of sp³-hybridized carbons (Fsp3) is 0.500. The molecule has 4 heteroatoms. The van der Waals surface area contributed by atoms with E-state index in [-0.39, 0.29) is 17.5 Å². The lowest BCUT2D eigenvalue weighted by atomic mass is 9.76. The van der Waals surface area contributed by atoms with Gasteiger partial charge in [0, 0.05) is 11.0 Å². The third-order valence-corrected chi connectivity index (χ3v) is 3.16. The minimum absolute atomic E-state index is 0.0526. The normalized spacial score (nSPS) is 15.0. The Bertz CT molecular complexity index is 377. The Morgan fingerprint density at radius 1 is 1.31 bits per heavy atom. The molecule has 0 spiro atoms. The van der Waals surface area contributed by atoms with Crippen molar-refractivity contribution in [3.63, 3.8) is 0 Å². The molecular formula is C12H18N4. The Balaban J connectivity index is 3.15. The first-order valence-corrected chi connectivity index (χ1v) is 5.35. The number of nitrogens with two attached hydrogens (primary N) is 1. The Kier molecular flexibility index (Phi) is 3.93. The molecule has 16 heavy (non-hydrogen) atoms. The van der Waals surface area contributed by atoms with Crippen molar-refractivity contribution in [1.82, 2.24) is 0 Å². The molecule has 0 saturated carbocycles. The highest BCUT2D eigenvalue weighted by Crippen LogP contribution is 2.38. The zero-order chi connectivity index (χ0) is 12.2. The summed E-state index contributed by atoms with van der Waals surface area (Å²) in [6.07, 6.45) is 0. The van der Waals surface area contributed by atoms with E-state index in [1.54, 1.807) is 0 Å². The highest BCUT2D eigenvalue weighted by Gasteiger charge is 2.33. The molecule has 0 aliphatic carbocycles. The summed E-state index contributed by atoms with van der Waals surface area (Å²) in [7, 11) is 0. The molecule has 1 aromatic carbocycles. The summed E-state index contributed by atoms with van der Waals surface area (Å²) in [5, 5.41) is 3.89. The highest BCUT2D eigenvalue weighted by atomic mass is 15.2. The Morgan fingerprint density at radius 3 is 2.31 bits per heavy atom. The van der Waals surface area contributed by atoms with Crippen LogP contribution in [0.3, 0.4) is 0 Å². The van der Waals surface area contributed by atoms with Crippen LogP contribution in [-0.2, 0) is 0 Å². The highest BCUT2D eigenvalue weighted by molar-refractivity contribution is 5.21. The van der Waals surface area contributed by atoms with Crippen molar-refractivity contribution in [2.45, 2.75) is 32.9 Å². The van der Waals surface area contributed by atoms with Gasteiger partial charge in [-0.15, -0.1) is 0 Å². The first kappa shape index (κ1) is 12.6. The van der Waals surface area contributed by atoms with Crippen LogP contribution in [0.4, 0.5) is 0 Å². The zero-order valence-corrected chi connectivity index (χ0v) is 9.96. The van der Waals surface area contributed by atoms with Gasteiger partial charge in [-0.25, -0.2) is 0 Å². The fourth-order valence-electron chi connectivity index (χ4n) is 1.58. The van der Waals surface area contributed by atoms with Crippen LogP contribution >= 0.6 is 0 Å². The van der Waals surface area contributed by atoms with E-state index in [4.69, 9.17) is 11.3 Å². The summed E-state index contributed by atoms with van der Waals surface area (Å²) in [6.45, 7) is 5.97. The number of hydrogen-bond donors (Lipinski definition) is 1. The maximum absolute atomic E-state index is 8.66. The third kappa shape index (κ3) is 2.54. The van der Waals surface area contributed by atoms with Crippen molar-refractivity contribution in [3.8, 4) is 0 Å². The van der Waals surface area contributed by atoms with Gasteiger partial charge in [0.2, 0.25) is 0 Å². The number of azide groups is 1. The van der Waals surface area contributed by atoms with Crippen LogP contribution in [0.1, 0.15) is 32.4 Å². The Hall–Kier alpha value is -1.51. The van der Waals surface area contributed by atoms with E-state index >= 15 is 0 Å². The van der Waals surface area contributed by atoms with Crippen molar-refractivity contribution in [3.05, 3.63) is 46.3 Å². The SMILES string of the molecule is CC(N)C(C)(C)C(N=[N+]=[N-])c1ccccc1. The summed E-state index contributed by atoms with van der Waals surface area (Å²) in [5.74, 6) is 0. The van der Waals surface area contributed by atoms with Gasteiger partial charge in [0.25, 0.3) is 0 Å². The molecule has 0 amide bonds. The van der Waals surface area contributed by atoms with E-state index in [0.29, 0.717) is 0 Å². The minimum Gasteiger partial charge on any atom is -0.327 e. The largest absolute Gasteiger partial charge is 0.327 e. The Morgan fingerprint density at radius 2 is 1.88 bits per heavy atom. The summed E-state index contributed by atoms with van der Waals surface area (Å²) in [6, 6.07) is 9.45. The third-order valence-electron chi connectivity index (χ3n) is 3.16. The molecule has 2 unspecified atom stereocenters. The lowest BCUT2D eigenvalue weighted by Crippen LogP contribution is -2.38. The second-order valence-corrected chi connectivity index (χ2v) is 4.63. The lowest BCUT2D eigenvalue weighted by Gasteiger charge is -2.35. The maximum atomic E-state index is 8.66. The van der Waals surface area contributed by atoms with Crippen LogP contribution in [0, 0.1) is 5.41 Å². The fourth-order valence-corrected chi connectivity index (χ4v) is 1.58. The molecule has 4 nitrogen and oxygen atoms in total. The van der Waals surface area contributed by atoms with Crippen LogP contribution < -0.4 is 5.73 Å². The van der Waals surface area contributed by atoms with Gasteiger partial charge in [-0.1, -0.05) is 49.3 Å². The van der Waals surface area contributed by atoms with Gasteiger partial charge in [-0.2, -0.15) is 0 Å². The summed E-state index contributed by atoms with van der Waals surface area (Å²) < 4.78 is 0. The summed E-state index contributed by atoms with van der Waals surface area (Å²) in [5.41, 5.74) is 15.3. The first-order chi connectivity index (χ1) is 7.50. The van der Waals surface area contributed by atoms with Crippen molar-refractivity contribution in [2.75, 3.05) is 0 Å². The molecule has 2 atom stereocenters. The quantitative estimate of drug-likeness (QED) is 0.469. The molecule has 2 N–H and O–H groups in total. The van der Waals surface area contributed by atoms with Gasteiger partial charge in [-0.3, -0.25) is 0 Å². The van der Waals surface area contributed by atoms with E-state index < -0.39 is 0 Å². The molecule has 0 aliphatic heterocycles. The van der Waals surface area contributed by atoms with Crippen molar-refractivity contribution >= 4 is 0 Å². The number of nitrogens with zero attached hydrogens (tertiary/aromatic N) is 3. The average Bonchev–Trinajstić information content (AvgIpc) is 2.26. The number of hydrogen-bond acceptors (Lipinski definition) is 2. The molecule has 0 radical (unpaired) electrons. The van der Waals surface area contributed by atoms with Crippen LogP contribution in [0.25, 0.3) is 10.4 Å². The Labute approximate surface area is 96.1 Å². The molecule has 0 heterocycles. The predicted molar refractivity (Wildman–Crippen MR) is 65.8 cm³/mol. The smallest absolute Gasteiger partial charge is 0.0690 e. The molecule has 0 fully saturated rings. The standard InChI is InChI=1S/C12H18N4/c1-9(13)12(2,3)11(15-16-14)10-7-5-4-6-8-10/h4-9,11H,13H2,1-3H3. The topological polar surface area (TPSA) is 74.8 Å². The maximum Gasteiger partial charge on any atom is 0.0690 e. The van der Waals surface area contributed by atoms with E-state index in [1.165, 1.54) is 0 Å². The first-order valence-electron chi connectivity index (χ1n) is 5.35. The van der Waals surface area contributed by atoms with Crippen LogP contribution in [0.15, 0.2) is 35.4 Å². The van der Waals surface area contributed by atoms with E-state index in [1.807, 2.05) is 51.1 Å². The average molecular weight is 218 g/mol. The summed E-state index contributed by atoms with van der Waals surface area (Å²) >= 11 is 0. The van der Waals surface area contributed by atoms with Crippen LogP contribution in [0.2, 0.25) is 0 Å². The second kappa shape index (κ2) is 5.01. The zero-order valence-electron chi connectivity index (χ0n) is 9.96. The van der Waals surface area contributed by atoms with Gasteiger partial charge in [0.1, 0.15) is 0 Å². The van der Waals surface area contributed by atoms with Gasteiger partial charge < -0.3 is 5.73 Å². The van der Waals surface area contributed by atoms with E-state index in [9.17, 15) is 0 Å². The minimum atomic E-state index is -0.270. The second-order valence-electron chi connectivity index (χ2n) is 4.63. The van der Waals surface area contributed by atoms with Crippen molar-refractivity contribution in [2.24, 2.45) is 16.3 Å². The van der Waals surface area contributed by atoms with E-state index in [2.05, 4.69) is 10.0 Å². The molecule has 0 bridgehead atoms. The summed E-state index contributed by atoms with van der Waals surface area (Å²) in [4.78, 5) is 2.93. The molecule has 0 saturated heterocycles. The number of benzene rings is 1. The van der Waals surface area contributed by atoms with Gasteiger partial charge >= 0.3 is 0 Å². The lowest BCUT2D eigenvalue weighted by molar-refractivity contribution is 0.239. The van der Waals surface area contributed by atoms with Crippen LogP contribution in [-0.4, -0.2) is 6.04 Å². The molecule has 0 aliphatic rings. The molecule has 0 aromatic heterocycles. The van der Waals surface area contributed by atoms with Crippen molar-refractivity contribution in [1.29, 1.82) is 0 Å². The molecule has 1 aromatic rings. The monoisotopic (exact) mass is 218 g/mol. The van der Waals surface area contributed by atoms with Gasteiger partial charge in [0.05, 0.1) is 6.04 Å². The molecule has 1 rings (SSSR count). The van der Waals surface area contributed by atoms with Gasteiger partial charge in [-0.05, 0) is 23.4 Å². The molecular weight excluding hydrogens is 200 g/mol. The predicted octanol–water partition coefficient (Wildman–Crippen LogP) is 3.41. The van der Waals surface area contributed by atoms with Gasteiger partial charge in [0.15, 0.2) is 0 Å².